The molecule has 2 rings (SSSR count). The van der Waals surface area contributed by atoms with Gasteiger partial charge in [-0.25, -0.2) is 4.79 Å². The summed E-state index contributed by atoms with van der Waals surface area (Å²) < 4.78 is 14.6. The van der Waals surface area contributed by atoms with Gasteiger partial charge < -0.3 is 50.0 Å². The molecule has 0 aromatic heterocycles. The molecular formula is C12H18O11. The van der Waals surface area contributed by atoms with Gasteiger partial charge in [-0.15, -0.1) is 0 Å². The smallest absolute Gasteiger partial charge is 0.378 e. The van der Waals surface area contributed by atoms with E-state index in [1.165, 1.54) is 0 Å². The van der Waals surface area contributed by atoms with Crippen molar-refractivity contribution >= 4 is 5.97 Å². The Morgan fingerprint density at radius 3 is 2.35 bits per heavy atom. The fraction of sp³-hybridized carbons (Fsp3) is 0.750. The maximum atomic E-state index is 11.6. The zero-order valence-electron chi connectivity index (χ0n) is 11.7. The van der Waals surface area contributed by atoms with Crippen molar-refractivity contribution in [1.29, 1.82) is 0 Å². The minimum absolute atomic E-state index is 0.702. The Kier molecular flexibility index (Phi) is 5.41. The van der Waals surface area contributed by atoms with Gasteiger partial charge in [0.05, 0.1) is 13.2 Å². The highest BCUT2D eigenvalue weighted by molar-refractivity contribution is 5.89. The maximum Gasteiger partial charge on any atom is 0.378 e. The molecule has 1 fully saturated rings. The van der Waals surface area contributed by atoms with Crippen LogP contribution in [0.1, 0.15) is 0 Å². The van der Waals surface area contributed by atoms with Crippen LogP contribution in [0.15, 0.2) is 11.5 Å². The molecule has 0 bridgehead atoms. The number of aliphatic hydroxyl groups is 7. The van der Waals surface area contributed by atoms with Crippen molar-refractivity contribution in [2.45, 2.75) is 42.9 Å². The molecule has 0 saturated carbocycles. The van der Waals surface area contributed by atoms with Crippen LogP contribution in [0.3, 0.4) is 0 Å². The standard InChI is InChI=1S/C12H18O11/c13-1-3(15)9-8(19)10(11(20)22-9)23-12-7(18)6(17)5(16)4(2-14)21-12/h3-7,9,12-19H,1-2H2/t3?,4?,5-,6+,7?,9?,12+/m1/s1. The highest BCUT2D eigenvalue weighted by Gasteiger charge is 2.48. The van der Waals surface area contributed by atoms with E-state index in [2.05, 4.69) is 4.74 Å². The molecule has 0 aromatic rings. The molecule has 11 heteroatoms. The van der Waals surface area contributed by atoms with E-state index >= 15 is 0 Å². The van der Waals surface area contributed by atoms with Crippen LogP contribution in [0.4, 0.5) is 0 Å². The van der Waals surface area contributed by atoms with Gasteiger partial charge in [0.1, 0.15) is 30.5 Å². The summed E-state index contributed by atoms with van der Waals surface area (Å²) in [5.74, 6) is -2.79. The van der Waals surface area contributed by atoms with Crippen molar-refractivity contribution in [3.63, 3.8) is 0 Å². The van der Waals surface area contributed by atoms with Gasteiger partial charge >= 0.3 is 5.97 Å². The molecule has 0 radical (unpaired) electrons. The number of ether oxygens (including phenoxy) is 3. The molecule has 0 amide bonds. The number of esters is 1. The average molecular weight is 338 g/mol. The Bertz CT molecular complexity index is 476. The number of rotatable bonds is 5. The van der Waals surface area contributed by atoms with Crippen LogP contribution in [0.25, 0.3) is 0 Å². The van der Waals surface area contributed by atoms with Crippen LogP contribution in [0.2, 0.25) is 0 Å². The van der Waals surface area contributed by atoms with Gasteiger partial charge in [-0.1, -0.05) is 0 Å². The lowest BCUT2D eigenvalue weighted by molar-refractivity contribution is -0.291. The number of hydrogen-bond donors (Lipinski definition) is 7. The summed E-state index contributed by atoms with van der Waals surface area (Å²) >= 11 is 0. The minimum atomic E-state index is -1.79. The molecule has 132 valence electrons. The van der Waals surface area contributed by atoms with E-state index in [9.17, 15) is 30.3 Å². The summed E-state index contributed by atoms with van der Waals surface area (Å²) in [5, 5.41) is 66.1. The third-order valence-corrected chi connectivity index (χ3v) is 3.54. The summed E-state index contributed by atoms with van der Waals surface area (Å²) in [6.45, 7) is -1.50. The second kappa shape index (κ2) is 6.97. The number of carbonyl (C=O) groups is 1. The maximum absolute atomic E-state index is 11.6. The van der Waals surface area contributed by atoms with Gasteiger partial charge in [-0.3, -0.25) is 0 Å². The zero-order valence-corrected chi connectivity index (χ0v) is 11.7. The fourth-order valence-electron chi connectivity index (χ4n) is 2.20. The lowest BCUT2D eigenvalue weighted by Crippen LogP contribution is -2.59. The highest BCUT2D eigenvalue weighted by Crippen LogP contribution is 2.29. The predicted octanol–water partition coefficient (Wildman–Crippen LogP) is -4.15. The molecule has 23 heavy (non-hydrogen) atoms. The number of carbonyl (C=O) groups excluding carboxylic acids is 1. The number of hydrogen-bond acceptors (Lipinski definition) is 11. The van der Waals surface area contributed by atoms with E-state index in [1.54, 1.807) is 0 Å². The molecule has 2 heterocycles. The molecule has 7 atom stereocenters. The van der Waals surface area contributed by atoms with Gasteiger partial charge in [-0.05, 0) is 0 Å². The third-order valence-electron chi connectivity index (χ3n) is 3.54. The summed E-state index contributed by atoms with van der Waals surface area (Å²) in [6, 6.07) is 0. The second-order valence-electron chi connectivity index (χ2n) is 5.11. The summed E-state index contributed by atoms with van der Waals surface area (Å²) in [5.41, 5.74) is 0. The average Bonchev–Trinajstić information content (AvgIpc) is 2.82. The highest BCUT2D eigenvalue weighted by atomic mass is 16.7. The monoisotopic (exact) mass is 338 g/mol. The Morgan fingerprint density at radius 1 is 1.13 bits per heavy atom. The molecule has 7 N–H and O–H groups in total. The first-order chi connectivity index (χ1) is 10.8. The third kappa shape index (κ3) is 3.26. The summed E-state index contributed by atoms with van der Waals surface area (Å²) in [4.78, 5) is 11.6. The van der Waals surface area contributed by atoms with Gasteiger partial charge in [0.15, 0.2) is 11.9 Å². The van der Waals surface area contributed by atoms with Gasteiger partial charge in [0, 0.05) is 0 Å². The van der Waals surface area contributed by atoms with Gasteiger partial charge in [0.25, 0.3) is 0 Å². The second-order valence-corrected chi connectivity index (χ2v) is 5.11. The van der Waals surface area contributed by atoms with E-state index in [0.29, 0.717) is 0 Å². The minimum Gasteiger partial charge on any atom is -0.505 e. The molecule has 2 aliphatic rings. The number of aliphatic hydroxyl groups excluding tert-OH is 7. The van der Waals surface area contributed by atoms with Crippen molar-refractivity contribution in [1.82, 2.24) is 0 Å². The first-order valence-corrected chi connectivity index (χ1v) is 6.72. The van der Waals surface area contributed by atoms with Crippen LogP contribution in [-0.4, -0.2) is 97.8 Å². The number of cyclic esters (lactones) is 1. The van der Waals surface area contributed by atoms with Crippen molar-refractivity contribution in [2.24, 2.45) is 0 Å². The van der Waals surface area contributed by atoms with Crippen molar-refractivity contribution < 1.29 is 54.8 Å². The molecule has 0 aromatic carbocycles. The summed E-state index contributed by atoms with van der Waals surface area (Å²) in [6.07, 6.45) is -11.2. The van der Waals surface area contributed by atoms with Crippen LogP contribution in [-0.2, 0) is 19.0 Å². The van der Waals surface area contributed by atoms with Crippen molar-refractivity contribution in [3.05, 3.63) is 11.5 Å². The van der Waals surface area contributed by atoms with Crippen molar-refractivity contribution in [3.8, 4) is 0 Å². The van der Waals surface area contributed by atoms with Crippen LogP contribution in [0, 0.1) is 0 Å². The van der Waals surface area contributed by atoms with E-state index < -0.39 is 73.6 Å². The predicted molar refractivity (Wildman–Crippen MR) is 67.5 cm³/mol. The Hall–Kier alpha value is -1.47. The van der Waals surface area contributed by atoms with Gasteiger partial charge in [0.2, 0.25) is 12.0 Å². The fourth-order valence-corrected chi connectivity index (χ4v) is 2.20. The first kappa shape index (κ1) is 17.9. The first-order valence-electron chi connectivity index (χ1n) is 6.72. The lowest BCUT2D eigenvalue weighted by Gasteiger charge is -2.39. The van der Waals surface area contributed by atoms with E-state index in [1.807, 2.05) is 0 Å². The quantitative estimate of drug-likeness (QED) is 0.241. The SMILES string of the molecule is O=C1OC(C(O)CO)C(O)=C1O[C@@H]1OC(CO)[C@@H](O)[C@H](O)C1O. The van der Waals surface area contributed by atoms with Crippen LogP contribution >= 0.6 is 0 Å². The lowest BCUT2D eigenvalue weighted by atomic mass is 9.99. The topological polar surface area (TPSA) is 186 Å². The summed E-state index contributed by atoms with van der Waals surface area (Å²) in [7, 11) is 0. The largest absolute Gasteiger partial charge is 0.505 e. The molecule has 1 saturated heterocycles. The molecule has 2 aliphatic heterocycles. The van der Waals surface area contributed by atoms with E-state index in [4.69, 9.17) is 19.7 Å². The van der Waals surface area contributed by atoms with Crippen molar-refractivity contribution in [2.75, 3.05) is 13.2 Å². The molecule has 0 spiro atoms. The normalized spacial score (nSPS) is 39.3. The Morgan fingerprint density at radius 2 is 1.78 bits per heavy atom. The molecule has 11 nitrogen and oxygen atoms in total. The molecular weight excluding hydrogens is 320 g/mol. The zero-order chi connectivity index (χ0) is 17.3. The van der Waals surface area contributed by atoms with Crippen LogP contribution in [0.5, 0.6) is 0 Å². The van der Waals surface area contributed by atoms with Crippen LogP contribution < -0.4 is 0 Å². The Labute approximate surface area is 129 Å². The van der Waals surface area contributed by atoms with E-state index in [0.717, 1.165) is 0 Å². The van der Waals surface area contributed by atoms with E-state index in [-0.39, 0.29) is 0 Å². The molecule has 4 unspecified atom stereocenters. The molecule has 0 aliphatic carbocycles. The Balaban J connectivity index is 2.16. The van der Waals surface area contributed by atoms with Gasteiger partial charge in [-0.2, -0.15) is 0 Å².